The molecule has 13 aromatic rings. The summed E-state index contributed by atoms with van der Waals surface area (Å²) in [5.74, 6) is 0. The molecule has 0 aliphatic heterocycles. The van der Waals surface area contributed by atoms with Crippen LogP contribution in [0.4, 0.5) is 0 Å². The Morgan fingerprint density at radius 3 is 1.13 bits per heavy atom. The highest BCUT2D eigenvalue weighted by Gasteiger charge is 2.32. The number of thiophene rings is 2. The molecule has 0 saturated carbocycles. The van der Waals surface area contributed by atoms with Crippen molar-refractivity contribution in [2.24, 2.45) is 0 Å². The largest absolute Gasteiger partial charge is 0.307 e. The molecule has 0 atom stereocenters. The summed E-state index contributed by atoms with van der Waals surface area (Å²) in [7, 11) is 0. The van der Waals surface area contributed by atoms with Gasteiger partial charge in [0, 0.05) is 73.0 Å². The van der Waals surface area contributed by atoms with Crippen LogP contribution in [0.2, 0.25) is 0 Å². The van der Waals surface area contributed by atoms with Gasteiger partial charge in [-0.15, -0.1) is 22.7 Å². The highest BCUT2D eigenvalue weighted by Crippen LogP contribution is 2.51. The Morgan fingerprint density at radius 1 is 0.339 bits per heavy atom. The van der Waals surface area contributed by atoms with Crippen LogP contribution in [0.3, 0.4) is 0 Å². The van der Waals surface area contributed by atoms with E-state index in [9.17, 15) is 10.5 Å². The second-order valence-electron chi connectivity index (χ2n) is 15.7. The van der Waals surface area contributed by atoms with Crippen molar-refractivity contribution in [1.29, 1.82) is 10.5 Å². The summed E-state index contributed by atoms with van der Waals surface area (Å²) in [6, 6.07) is 69.0. The summed E-state index contributed by atoms with van der Waals surface area (Å²) >= 11 is 3.61. The van der Waals surface area contributed by atoms with Crippen LogP contribution in [0.5, 0.6) is 0 Å². The molecule has 0 fully saturated rings. The molecule has 0 radical (unpaired) electrons. The third-order valence-corrected chi connectivity index (χ3v) is 15.0. The molecule has 0 amide bonds. The van der Waals surface area contributed by atoms with E-state index < -0.39 is 0 Å². The molecule has 0 N–H and O–H groups in total. The van der Waals surface area contributed by atoms with Crippen LogP contribution < -0.4 is 0 Å². The number of nitriles is 2. The van der Waals surface area contributed by atoms with Crippen molar-refractivity contribution in [2.75, 3.05) is 0 Å². The number of hydrogen-bond donors (Lipinski definition) is 0. The number of aromatic nitrogens is 2. The van der Waals surface area contributed by atoms with E-state index in [0.717, 1.165) is 54.7 Å². The SMILES string of the molecule is N#Cc1c(-c2ccccc2)c(-n2c3ccccc3c3c4sc5ccccc5c4ccc32)c(C#N)c(-c2ccccc2)c1-n1c2ccccc2c2c3sc4ccccc4c3ccc21. The molecule has 0 unspecified atom stereocenters. The van der Waals surface area contributed by atoms with E-state index >= 15 is 0 Å². The predicted molar refractivity (Wildman–Crippen MR) is 261 cm³/mol. The zero-order valence-corrected chi connectivity index (χ0v) is 34.6. The fourth-order valence-corrected chi connectivity index (χ4v) is 12.6. The van der Waals surface area contributed by atoms with Crippen LogP contribution in [0.15, 0.2) is 182 Å². The molecule has 0 aliphatic rings. The third-order valence-electron chi connectivity index (χ3n) is 12.6. The topological polar surface area (TPSA) is 57.4 Å². The van der Waals surface area contributed by atoms with Gasteiger partial charge in [-0.25, -0.2) is 0 Å². The lowest BCUT2D eigenvalue weighted by atomic mass is 9.86. The Labute approximate surface area is 363 Å². The highest BCUT2D eigenvalue weighted by molar-refractivity contribution is 7.27. The average Bonchev–Trinajstić information content (AvgIpc) is 4.09. The summed E-state index contributed by atoms with van der Waals surface area (Å²) in [4.78, 5) is 0. The van der Waals surface area contributed by atoms with E-state index in [-0.39, 0.29) is 0 Å². The van der Waals surface area contributed by atoms with Crippen LogP contribution in [-0.2, 0) is 0 Å². The summed E-state index contributed by atoms with van der Waals surface area (Å²) in [5, 5.41) is 33.2. The average molecular weight is 823 g/mol. The molecule has 4 aromatic heterocycles. The molecule has 4 heterocycles. The standard InChI is InChI=1S/C56H30N4S2/c57-31-41-49(33-15-3-1-4-16-33)53(59-43-23-11-7-21-39(43)51-45(59)29-27-37-35-19-9-13-25-47(35)61-55(37)51)42(32-58)50(34-17-5-2-6-18-34)54(41)60-44-24-12-8-22-40(44)52-46(60)30-28-38-36-20-10-14-26-48(36)62-56(38)52/h1-30H. The van der Waals surface area contributed by atoms with Gasteiger partial charge in [0.1, 0.15) is 12.1 Å². The van der Waals surface area contributed by atoms with Crippen molar-refractivity contribution in [3.8, 4) is 45.8 Å². The molecule has 4 nitrogen and oxygen atoms in total. The van der Waals surface area contributed by atoms with Gasteiger partial charge >= 0.3 is 0 Å². The lowest BCUT2D eigenvalue weighted by molar-refractivity contribution is 1.13. The van der Waals surface area contributed by atoms with Crippen molar-refractivity contribution in [3.05, 3.63) is 193 Å². The molecule has 0 saturated heterocycles. The second-order valence-corrected chi connectivity index (χ2v) is 17.8. The van der Waals surface area contributed by atoms with E-state index in [1.807, 2.05) is 36.4 Å². The van der Waals surface area contributed by atoms with Crippen LogP contribution in [0.25, 0.3) is 118 Å². The Bertz CT molecular complexity index is 3840. The fraction of sp³-hybridized carbons (Fsp3) is 0. The molecule has 0 aliphatic carbocycles. The Balaban J connectivity index is 1.27. The Hall–Kier alpha value is -8.00. The summed E-state index contributed by atoms with van der Waals surface area (Å²) in [6.45, 7) is 0. The minimum atomic E-state index is 0.497. The molecular formula is C56H30N4S2. The maximum atomic E-state index is 11.9. The van der Waals surface area contributed by atoms with Crippen LogP contribution in [0.1, 0.15) is 11.1 Å². The Kier molecular flexibility index (Phi) is 7.44. The summed E-state index contributed by atoms with van der Waals surface area (Å²) in [5.41, 5.74) is 9.44. The first-order valence-corrected chi connectivity index (χ1v) is 22.2. The van der Waals surface area contributed by atoms with Crippen molar-refractivity contribution < 1.29 is 0 Å². The molecule has 13 rings (SSSR count). The lowest BCUT2D eigenvalue weighted by Crippen LogP contribution is -2.11. The molecular weight excluding hydrogens is 793 g/mol. The van der Waals surface area contributed by atoms with Gasteiger partial charge in [0.15, 0.2) is 0 Å². The van der Waals surface area contributed by atoms with E-state index in [4.69, 9.17) is 0 Å². The predicted octanol–water partition coefficient (Wildman–Crippen LogP) is 15.7. The quantitative estimate of drug-likeness (QED) is 0.178. The first-order chi connectivity index (χ1) is 30.7. The van der Waals surface area contributed by atoms with Crippen molar-refractivity contribution in [3.63, 3.8) is 0 Å². The molecule has 62 heavy (non-hydrogen) atoms. The fourth-order valence-electron chi connectivity index (χ4n) is 10.1. The van der Waals surface area contributed by atoms with Crippen molar-refractivity contribution in [2.45, 2.75) is 0 Å². The van der Waals surface area contributed by atoms with Gasteiger partial charge < -0.3 is 9.13 Å². The van der Waals surface area contributed by atoms with Gasteiger partial charge in [-0.05, 0) is 47.5 Å². The van der Waals surface area contributed by atoms with Gasteiger partial charge in [-0.2, -0.15) is 10.5 Å². The van der Waals surface area contributed by atoms with E-state index in [1.54, 1.807) is 22.7 Å². The minimum Gasteiger partial charge on any atom is -0.307 e. The lowest BCUT2D eigenvalue weighted by Gasteiger charge is -2.25. The van der Waals surface area contributed by atoms with Gasteiger partial charge in [0.2, 0.25) is 0 Å². The number of benzene rings is 9. The summed E-state index contributed by atoms with van der Waals surface area (Å²) in [6.07, 6.45) is 0. The second kappa shape index (κ2) is 13.3. The number of para-hydroxylation sites is 2. The third kappa shape index (κ3) is 4.68. The molecule has 0 spiro atoms. The van der Waals surface area contributed by atoms with E-state index in [0.29, 0.717) is 33.6 Å². The van der Waals surface area contributed by atoms with E-state index in [1.165, 1.54) is 40.3 Å². The maximum absolute atomic E-state index is 11.9. The molecule has 0 bridgehead atoms. The monoisotopic (exact) mass is 822 g/mol. The van der Waals surface area contributed by atoms with Crippen molar-refractivity contribution >= 4 is 107 Å². The van der Waals surface area contributed by atoms with Crippen LogP contribution >= 0.6 is 22.7 Å². The smallest absolute Gasteiger partial charge is 0.102 e. The highest BCUT2D eigenvalue weighted by atomic mass is 32.1. The first kappa shape index (κ1) is 34.8. The van der Waals surface area contributed by atoms with Gasteiger partial charge in [-0.1, -0.05) is 146 Å². The normalized spacial score (nSPS) is 11.8. The van der Waals surface area contributed by atoms with Crippen LogP contribution in [-0.4, -0.2) is 9.13 Å². The molecule has 286 valence electrons. The zero-order chi connectivity index (χ0) is 41.1. The van der Waals surface area contributed by atoms with Gasteiger partial charge in [-0.3, -0.25) is 0 Å². The number of hydrogen-bond acceptors (Lipinski definition) is 4. The number of nitrogens with zero attached hydrogens (tertiary/aromatic N) is 4. The Morgan fingerprint density at radius 2 is 0.710 bits per heavy atom. The first-order valence-electron chi connectivity index (χ1n) is 20.6. The molecule has 6 heteroatoms. The van der Waals surface area contributed by atoms with Gasteiger partial charge in [0.05, 0.1) is 44.6 Å². The summed E-state index contributed by atoms with van der Waals surface area (Å²) < 4.78 is 9.40. The molecule has 9 aromatic carbocycles. The van der Waals surface area contributed by atoms with E-state index in [2.05, 4.69) is 167 Å². The number of fused-ring (bicyclic) bond motifs is 14. The zero-order valence-electron chi connectivity index (χ0n) is 32.9. The maximum Gasteiger partial charge on any atom is 0.102 e. The van der Waals surface area contributed by atoms with Crippen molar-refractivity contribution in [1.82, 2.24) is 9.13 Å². The van der Waals surface area contributed by atoms with Gasteiger partial charge in [0.25, 0.3) is 0 Å². The number of rotatable bonds is 4. The minimum absolute atomic E-state index is 0.497. The van der Waals surface area contributed by atoms with Crippen LogP contribution in [0, 0.1) is 22.7 Å².